The molecule has 0 saturated carbocycles. The molecule has 0 spiro atoms. The lowest BCUT2D eigenvalue weighted by Crippen LogP contribution is -2.45. The summed E-state index contributed by atoms with van der Waals surface area (Å²) < 4.78 is 6.53. The second kappa shape index (κ2) is 7.42. The first-order chi connectivity index (χ1) is 13.3. The van der Waals surface area contributed by atoms with Gasteiger partial charge in [0.15, 0.2) is 14.1 Å². The Kier molecular flexibility index (Phi) is 5.72. The van der Waals surface area contributed by atoms with Gasteiger partial charge in [-0.25, -0.2) is 0 Å². The molecule has 0 aromatic heterocycles. The first-order valence-electron chi connectivity index (χ1n) is 9.75. The maximum Gasteiger partial charge on any atom is 0.238 e. The van der Waals surface area contributed by atoms with Crippen LogP contribution in [-0.4, -0.2) is 43.1 Å². The van der Waals surface area contributed by atoms with Gasteiger partial charge in [-0.2, -0.15) is 0 Å². The van der Waals surface area contributed by atoms with Gasteiger partial charge in [0, 0.05) is 29.4 Å². The first kappa shape index (κ1) is 22.4. The minimum atomic E-state index is -2.05. The van der Waals surface area contributed by atoms with Crippen LogP contribution in [0.25, 0.3) is 0 Å². The Balaban J connectivity index is 1.94. The van der Waals surface area contributed by atoms with Crippen molar-refractivity contribution in [2.24, 2.45) is 0 Å². The average molecular weight is 452 g/mol. The number of carbonyl (C=O) groups is 2. The van der Waals surface area contributed by atoms with E-state index in [4.69, 9.17) is 34.1 Å². The molecule has 0 bridgehead atoms. The number of benzene rings is 1. The third-order valence-electron chi connectivity index (χ3n) is 6.58. The molecule has 29 heavy (non-hydrogen) atoms. The molecular weight excluding hydrogens is 425 g/mol. The van der Waals surface area contributed by atoms with Crippen LogP contribution in [0.5, 0.6) is 0 Å². The van der Waals surface area contributed by atoms with Crippen molar-refractivity contribution in [2.75, 3.05) is 6.54 Å². The van der Waals surface area contributed by atoms with E-state index in [0.29, 0.717) is 28.6 Å². The number of Topliss-reactive ketones (excluding diaryl/α,β-unsaturated/α-hetero) is 1. The molecule has 2 fully saturated rings. The number of fused-ring (bicyclic) bond motifs is 1. The Morgan fingerprint density at radius 1 is 1.24 bits per heavy atom. The summed E-state index contributed by atoms with van der Waals surface area (Å²) in [4.78, 5) is 28.5. The van der Waals surface area contributed by atoms with Gasteiger partial charge in [-0.3, -0.25) is 9.59 Å². The zero-order valence-corrected chi connectivity index (χ0v) is 20.0. The van der Waals surface area contributed by atoms with Crippen LogP contribution in [0, 0.1) is 12.3 Å². The van der Waals surface area contributed by atoms with Gasteiger partial charge in [0.25, 0.3) is 0 Å². The van der Waals surface area contributed by atoms with Crippen molar-refractivity contribution < 1.29 is 14.0 Å². The molecule has 3 rings (SSSR count). The van der Waals surface area contributed by atoms with E-state index in [1.165, 1.54) is 0 Å². The molecule has 3 atom stereocenters. The Labute approximate surface area is 184 Å². The number of hydrogen-bond acceptors (Lipinski definition) is 3. The summed E-state index contributed by atoms with van der Waals surface area (Å²) in [5.41, 5.74) is -0.497. The summed E-state index contributed by atoms with van der Waals surface area (Å²) in [7, 11) is -2.05. The number of rotatable bonds is 4. The molecule has 4 nitrogen and oxygen atoms in total. The van der Waals surface area contributed by atoms with E-state index in [1.54, 1.807) is 23.1 Å². The fraction of sp³-hybridized carbons (Fsp3) is 0.545. The zero-order valence-electron chi connectivity index (χ0n) is 17.5. The predicted molar refractivity (Wildman–Crippen MR) is 119 cm³/mol. The number of hydrogen-bond donors (Lipinski definition) is 0. The quantitative estimate of drug-likeness (QED) is 0.365. The van der Waals surface area contributed by atoms with Crippen LogP contribution in [0.2, 0.25) is 28.2 Å². The van der Waals surface area contributed by atoms with Gasteiger partial charge >= 0.3 is 0 Å². The van der Waals surface area contributed by atoms with Crippen LogP contribution in [0.15, 0.2) is 18.2 Å². The molecule has 1 amide bonds. The van der Waals surface area contributed by atoms with E-state index in [1.807, 2.05) is 0 Å². The van der Waals surface area contributed by atoms with Gasteiger partial charge in [0.2, 0.25) is 5.91 Å². The molecule has 2 heterocycles. The molecule has 156 valence electrons. The predicted octanol–water partition coefficient (Wildman–Crippen LogP) is 5.04. The summed E-state index contributed by atoms with van der Waals surface area (Å²) in [6.07, 6.45) is 6.04. The summed E-state index contributed by atoms with van der Waals surface area (Å²) in [5.74, 6) is 1.27. The van der Waals surface area contributed by atoms with Gasteiger partial charge < -0.3 is 9.33 Å². The summed E-state index contributed by atoms with van der Waals surface area (Å²) in [6, 6.07) is 4.84. The summed E-state index contributed by atoms with van der Waals surface area (Å²) in [5, 5.41) is 0.823. The molecule has 0 N–H and O–H groups in total. The van der Waals surface area contributed by atoms with E-state index in [-0.39, 0.29) is 29.3 Å². The van der Waals surface area contributed by atoms with Crippen molar-refractivity contribution in [2.45, 2.75) is 69.3 Å². The SMILES string of the molecule is C#CCC12CC(O[Si](C)(C)C(C)(C)C)CN1C(=O)C(c1cc(Cl)cc(Cl)c1)C2=O. The number of carbonyl (C=O) groups excluding carboxylic acids is 2. The highest BCUT2D eigenvalue weighted by Crippen LogP contribution is 2.48. The standard InChI is InChI=1S/C22H27Cl2NO3Si/c1-7-8-22-12-17(28-29(5,6)21(2,3)4)13-25(22)20(27)18(19(22)26)14-9-15(23)11-16(24)10-14/h1,9-11,17-18H,8,12-13H2,2-6H3. The molecule has 2 saturated heterocycles. The van der Waals surface area contributed by atoms with Crippen LogP contribution in [0.1, 0.15) is 45.1 Å². The van der Waals surface area contributed by atoms with E-state index < -0.39 is 19.8 Å². The number of nitrogens with zero attached hydrogens (tertiary/aromatic N) is 1. The number of amides is 1. The van der Waals surface area contributed by atoms with Crippen molar-refractivity contribution in [3.8, 4) is 12.3 Å². The summed E-state index contributed by atoms with van der Waals surface area (Å²) >= 11 is 12.2. The highest BCUT2D eigenvalue weighted by Gasteiger charge is 2.63. The molecule has 7 heteroatoms. The van der Waals surface area contributed by atoms with E-state index in [2.05, 4.69) is 39.8 Å². The third-order valence-corrected chi connectivity index (χ3v) is 11.6. The van der Waals surface area contributed by atoms with Crippen LogP contribution in [-0.2, 0) is 14.0 Å². The molecule has 3 unspecified atom stereocenters. The van der Waals surface area contributed by atoms with E-state index in [0.717, 1.165) is 0 Å². The van der Waals surface area contributed by atoms with Crippen LogP contribution < -0.4 is 0 Å². The Morgan fingerprint density at radius 2 is 1.83 bits per heavy atom. The van der Waals surface area contributed by atoms with Crippen molar-refractivity contribution in [3.05, 3.63) is 33.8 Å². The van der Waals surface area contributed by atoms with Gasteiger partial charge in [0.05, 0.1) is 6.10 Å². The van der Waals surface area contributed by atoms with Crippen LogP contribution in [0.4, 0.5) is 0 Å². The molecule has 0 radical (unpaired) electrons. The monoisotopic (exact) mass is 451 g/mol. The second-order valence-corrected chi connectivity index (χ2v) is 15.2. The normalized spacial score (nSPS) is 27.3. The molecule has 1 aromatic carbocycles. The molecule has 2 aliphatic rings. The fourth-order valence-corrected chi connectivity index (χ4v) is 6.02. The molecule has 1 aromatic rings. The van der Waals surface area contributed by atoms with Crippen LogP contribution in [0.3, 0.4) is 0 Å². The third kappa shape index (κ3) is 3.77. The largest absolute Gasteiger partial charge is 0.412 e. The fourth-order valence-electron chi connectivity index (χ4n) is 4.13. The Morgan fingerprint density at radius 3 is 2.34 bits per heavy atom. The van der Waals surface area contributed by atoms with Gasteiger partial charge in [-0.05, 0) is 41.9 Å². The van der Waals surface area contributed by atoms with Gasteiger partial charge in [0.1, 0.15) is 11.5 Å². The zero-order chi connectivity index (χ0) is 21.8. The van der Waals surface area contributed by atoms with Crippen molar-refractivity contribution in [1.29, 1.82) is 0 Å². The highest BCUT2D eigenvalue weighted by atomic mass is 35.5. The smallest absolute Gasteiger partial charge is 0.238 e. The Hall–Kier alpha value is -1.32. The van der Waals surface area contributed by atoms with Gasteiger partial charge in [-0.1, -0.05) is 44.0 Å². The van der Waals surface area contributed by atoms with E-state index >= 15 is 0 Å². The van der Waals surface area contributed by atoms with Crippen molar-refractivity contribution in [1.82, 2.24) is 4.90 Å². The number of ketones is 1. The lowest BCUT2D eigenvalue weighted by Gasteiger charge is -2.38. The first-order valence-corrected chi connectivity index (χ1v) is 13.4. The average Bonchev–Trinajstić information content (AvgIpc) is 2.99. The lowest BCUT2D eigenvalue weighted by molar-refractivity contribution is -0.131. The number of halogens is 2. The molecule has 0 aliphatic carbocycles. The minimum absolute atomic E-state index is 0.0351. The Bertz CT molecular complexity index is 882. The summed E-state index contributed by atoms with van der Waals surface area (Å²) in [6.45, 7) is 11.2. The maximum atomic E-state index is 13.6. The lowest BCUT2D eigenvalue weighted by atomic mass is 9.82. The highest BCUT2D eigenvalue weighted by molar-refractivity contribution is 6.74. The van der Waals surface area contributed by atoms with Gasteiger partial charge in [-0.15, -0.1) is 12.3 Å². The van der Waals surface area contributed by atoms with Crippen LogP contribution >= 0.6 is 23.2 Å². The molecular formula is C22H27Cl2NO3Si. The van der Waals surface area contributed by atoms with E-state index in [9.17, 15) is 9.59 Å². The second-order valence-electron chi connectivity index (χ2n) is 9.57. The molecule has 2 aliphatic heterocycles. The number of terminal acetylenes is 1. The van der Waals surface area contributed by atoms with Crippen molar-refractivity contribution >= 4 is 43.2 Å². The topological polar surface area (TPSA) is 46.6 Å². The maximum absolute atomic E-state index is 13.6. The van der Waals surface area contributed by atoms with Crippen molar-refractivity contribution in [3.63, 3.8) is 0 Å². The minimum Gasteiger partial charge on any atom is -0.412 e.